The van der Waals surface area contributed by atoms with Crippen molar-refractivity contribution in [3.05, 3.63) is 71.8 Å². The van der Waals surface area contributed by atoms with Crippen molar-refractivity contribution in [2.45, 2.75) is 13.0 Å². The fraction of sp³-hybridized carbons (Fsp3) is 0.130. The highest BCUT2D eigenvalue weighted by Gasteiger charge is 2.25. The molecule has 31 heavy (non-hydrogen) atoms. The van der Waals surface area contributed by atoms with Crippen molar-refractivity contribution in [3.63, 3.8) is 0 Å². The molecule has 0 spiro atoms. The average molecular weight is 425 g/mol. The summed E-state index contributed by atoms with van der Waals surface area (Å²) in [5.41, 5.74) is 0.634. The summed E-state index contributed by atoms with van der Waals surface area (Å²) in [6.07, 6.45) is -1.33. The van der Waals surface area contributed by atoms with Crippen LogP contribution in [0.2, 0.25) is 0 Å². The molecule has 0 saturated carbocycles. The molecule has 1 atom stereocenters. The number of fused-ring (bicyclic) bond motifs is 3. The standard InChI is InChI=1S/C23H17F2NO5/c1-12(30-23(28)21-15(24)7-5-8-16(21)25)22(27)26-17-11-19-14(10-20(17)29-2)13-6-3-4-9-18(13)31-19/h3-12H,1-2H3,(H,26,27). The Labute approximate surface area is 175 Å². The van der Waals surface area contributed by atoms with Gasteiger partial charge in [-0.25, -0.2) is 13.6 Å². The topological polar surface area (TPSA) is 77.8 Å². The summed E-state index contributed by atoms with van der Waals surface area (Å²) in [4.78, 5) is 24.7. The largest absolute Gasteiger partial charge is 0.495 e. The third kappa shape index (κ3) is 3.79. The number of anilines is 1. The van der Waals surface area contributed by atoms with Gasteiger partial charge in [0.25, 0.3) is 5.91 Å². The first-order valence-electron chi connectivity index (χ1n) is 9.34. The molecule has 0 radical (unpaired) electrons. The molecule has 0 fully saturated rings. The van der Waals surface area contributed by atoms with Crippen LogP contribution < -0.4 is 10.1 Å². The zero-order valence-corrected chi connectivity index (χ0v) is 16.6. The third-order valence-electron chi connectivity index (χ3n) is 4.78. The molecule has 3 aromatic carbocycles. The van der Waals surface area contributed by atoms with Crippen molar-refractivity contribution in [3.8, 4) is 5.75 Å². The molecule has 0 aliphatic heterocycles. The Morgan fingerprint density at radius 3 is 2.39 bits per heavy atom. The summed E-state index contributed by atoms with van der Waals surface area (Å²) in [7, 11) is 1.45. The first-order valence-corrected chi connectivity index (χ1v) is 9.34. The van der Waals surface area contributed by atoms with Crippen LogP contribution in [-0.4, -0.2) is 25.1 Å². The van der Waals surface area contributed by atoms with Crippen LogP contribution in [0.4, 0.5) is 14.5 Å². The van der Waals surface area contributed by atoms with E-state index < -0.39 is 35.2 Å². The number of esters is 1. The van der Waals surface area contributed by atoms with Crippen molar-refractivity contribution in [1.82, 2.24) is 0 Å². The lowest BCUT2D eigenvalue weighted by Crippen LogP contribution is -2.30. The van der Waals surface area contributed by atoms with Gasteiger partial charge in [-0.2, -0.15) is 0 Å². The van der Waals surface area contributed by atoms with E-state index in [1.807, 2.05) is 24.3 Å². The SMILES string of the molecule is COc1cc2c(cc1NC(=O)C(C)OC(=O)c1c(F)cccc1F)oc1ccccc12. The average Bonchev–Trinajstić information content (AvgIpc) is 3.10. The number of para-hydroxylation sites is 1. The number of benzene rings is 3. The number of hydrogen-bond donors (Lipinski definition) is 1. The van der Waals surface area contributed by atoms with E-state index in [0.717, 1.165) is 29.0 Å². The van der Waals surface area contributed by atoms with Crippen LogP contribution >= 0.6 is 0 Å². The number of furan rings is 1. The maximum Gasteiger partial charge on any atom is 0.344 e. The maximum absolute atomic E-state index is 13.8. The van der Waals surface area contributed by atoms with Crippen LogP contribution in [0.5, 0.6) is 5.75 Å². The minimum atomic E-state index is -1.33. The van der Waals surface area contributed by atoms with Crippen LogP contribution in [0.25, 0.3) is 21.9 Å². The van der Waals surface area contributed by atoms with E-state index in [0.29, 0.717) is 22.6 Å². The predicted octanol–water partition coefficient (Wildman–Crippen LogP) is 5.06. The van der Waals surface area contributed by atoms with Crippen molar-refractivity contribution in [2.24, 2.45) is 0 Å². The number of ether oxygens (including phenoxy) is 2. The summed E-state index contributed by atoms with van der Waals surface area (Å²) in [6, 6.07) is 13.8. The molecule has 4 rings (SSSR count). The minimum Gasteiger partial charge on any atom is -0.495 e. The molecule has 1 aromatic heterocycles. The molecule has 1 amide bonds. The van der Waals surface area contributed by atoms with Crippen molar-refractivity contribution in [1.29, 1.82) is 0 Å². The summed E-state index contributed by atoms with van der Waals surface area (Å²) in [6.45, 7) is 1.29. The van der Waals surface area contributed by atoms with Crippen LogP contribution in [0.3, 0.4) is 0 Å². The highest BCUT2D eigenvalue weighted by atomic mass is 19.1. The first-order chi connectivity index (χ1) is 14.9. The second-order valence-electron chi connectivity index (χ2n) is 6.78. The highest BCUT2D eigenvalue weighted by Crippen LogP contribution is 2.36. The molecule has 0 bridgehead atoms. The number of amides is 1. The zero-order valence-electron chi connectivity index (χ0n) is 16.6. The van der Waals surface area contributed by atoms with E-state index in [-0.39, 0.29) is 0 Å². The van der Waals surface area contributed by atoms with Crippen LogP contribution in [-0.2, 0) is 9.53 Å². The second kappa shape index (κ2) is 8.06. The lowest BCUT2D eigenvalue weighted by Gasteiger charge is -2.15. The van der Waals surface area contributed by atoms with E-state index in [1.165, 1.54) is 14.0 Å². The quantitative estimate of drug-likeness (QED) is 0.453. The highest BCUT2D eigenvalue weighted by molar-refractivity contribution is 6.08. The van der Waals surface area contributed by atoms with Gasteiger partial charge in [0.2, 0.25) is 0 Å². The Bertz CT molecular complexity index is 1290. The van der Waals surface area contributed by atoms with Gasteiger partial charge >= 0.3 is 5.97 Å². The lowest BCUT2D eigenvalue weighted by atomic mass is 10.1. The van der Waals surface area contributed by atoms with E-state index >= 15 is 0 Å². The molecular formula is C23H17F2NO5. The fourth-order valence-electron chi connectivity index (χ4n) is 3.22. The molecule has 1 unspecified atom stereocenters. The number of rotatable bonds is 5. The molecule has 0 aliphatic rings. The van der Waals surface area contributed by atoms with Gasteiger partial charge in [0.1, 0.15) is 34.1 Å². The summed E-state index contributed by atoms with van der Waals surface area (Å²) >= 11 is 0. The molecule has 6 nitrogen and oxygen atoms in total. The Kier molecular flexibility index (Phi) is 5.29. The minimum absolute atomic E-state index is 0.291. The molecule has 0 aliphatic carbocycles. The Hall–Kier alpha value is -3.94. The van der Waals surface area contributed by atoms with Gasteiger partial charge in [-0.1, -0.05) is 24.3 Å². The summed E-state index contributed by atoms with van der Waals surface area (Å²) in [5, 5.41) is 4.29. The number of hydrogen-bond acceptors (Lipinski definition) is 5. The smallest absolute Gasteiger partial charge is 0.344 e. The molecule has 158 valence electrons. The predicted molar refractivity (Wildman–Crippen MR) is 110 cm³/mol. The number of methoxy groups -OCH3 is 1. The molecule has 1 heterocycles. The number of carbonyl (C=O) groups is 2. The van der Waals surface area contributed by atoms with Crippen LogP contribution in [0, 0.1) is 11.6 Å². The van der Waals surface area contributed by atoms with Crippen molar-refractivity contribution >= 4 is 39.5 Å². The summed E-state index contributed by atoms with van der Waals surface area (Å²) in [5.74, 6) is -3.77. The fourth-order valence-corrected chi connectivity index (χ4v) is 3.22. The molecule has 8 heteroatoms. The lowest BCUT2D eigenvalue weighted by molar-refractivity contribution is -0.123. The summed E-state index contributed by atoms with van der Waals surface area (Å²) < 4.78 is 43.7. The molecular weight excluding hydrogens is 408 g/mol. The number of halogens is 2. The first kappa shape index (κ1) is 20.3. The van der Waals surface area contributed by atoms with Gasteiger partial charge in [0, 0.05) is 16.8 Å². The van der Waals surface area contributed by atoms with Crippen molar-refractivity contribution in [2.75, 3.05) is 12.4 Å². The number of nitrogens with one attached hydrogen (secondary N) is 1. The van der Waals surface area contributed by atoms with E-state index in [9.17, 15) is 18.4 Å². The van der Waals surface area contributed by atoms with E-state index in [4.69, 9.17) is 13.9 Å². The Balaban J connectivity index is 1.57. The molecule has 1 N–H and O–H groups in total. The molecule has 4 aromatic rings. The van der Waals surface area contributed by atoms with Gasteiger partial charge in [0.15, 0.2) is 6.10 Å². The third-order valence-corrected chi connectivity index (χ3v) is 4.78. The van der Waals surface area contributed by atoms with Crippen molar-refractivity contribution < 1.29 is 32.3 Å². The van der Waals surface area contributed by atoms with Crippen LogP contribution in [0.1, 0.15) is 17.3 Å². The Morgan fingerprint density at radius 1 is 0.968 bits per heavy atom. The van der Waals surface area contributed by atoms with Crippen LogP contribution in [0.15, 0.2) is 59.0 Å². The van der Waals surface area contributed by atoms with Gasteiger partial charge in [-0.15, -0.1) is 0 Å². The normalized spacial score (nSPS) is 12.0. The van der Waals surface area contributed by atoms with Gasteiger partial charge in [0.05, 0.1) is 12.8 Å². The Morgan fingerprint density at radius 2 is 1.68 bits per heavy atom. The van der Waals surface area contributed by atoms with Gasteiger partial charge in [-0.3, -0.25) is 4.79 Å². The monoisotopic (exact) mass is 425 g/mol. The second-order valence-corrected chi connectivity index (χ2v) is 6.78. The van der Waals surface area contributed by atoms with Gasteiger partial charge < -0.3 is 19.2 Å². The van der Waals surface area contributed by atoms with E-state index in [2.05, 4.69) is 5.32 Å². The maximum atomic E-state index is 13.8. The molecule has 0 saturated heterocycles. The number of carbonyl (C=O) groups excluding carboxylic acids is 2. The van der Waals surface area contributed by atoms with Gasteiger partial charge in [-0.05, 0) is 31.2 Å². The zero-order chi connectivity index (χ0) is 22.1. The van der Waals surface area contributed by atoms with E-state index in [1.54, 1.807) is 12.1 Å².